The predicted molar refractivity (Wildman–Crippen MR) is 145 cm³/mol. The molecule has 0 spiro atoms. The Kier molecular flexibility index (Phi) is 7.47. The Morgan fingerprint density at radius 3 is 2.32 bits per heavy atom. The number of hydrogen-bond acceptors (Lipinski definition) is 9. The van der Waals surface area contributed by atoms with Gasteiger partial charge in [-0.05, 0) is 66.2 Å². The molecule has 1 saturated heterocycles. The first kappa shape index (κ1) is 27.8. The van der Waals surface area contributed by atoms with Gasteiger partial charge in [-0.3, -0.25) is 19.2 Å². The number of carbonyl (C=O) groups excluding carboxylic acids is 4. The van der Waals surface area contributed by atoms with Crippen molar-refractivity contribution >= 4 is 45.1 Å². The van der Waals surface area contributed by atoms with Crippen LogP contribution in [0, 0.1) is 0 Å². The maximum absolute atomic E-state index is 14.0. The summed E-state index contributed by atoms with van der Waals surface area (Å²) < 4.78 is 44.7. The summed E-state index contributed by atoms with van der Waals surface area (Å²) in [4.78, 5) is 50.2. The van der Waals surface area contributed by atoms with E-state index >= 15 is 0 Å². The first-order valence-corrected chi connectivity index (χ1v) is 13.9. The van der Waals surface area contributed by atoms with Crippen LogP contribution in [-0.2, 0) is 35.7 Å². The number of sulfonamides is 1. The summed E-state index contributed by atoms with van der Waals surface area (Å²) in [6, 6.07) is 14.8. The zero-order chi connectivity index (χ0) is 29.3. The molecule has 41 heavy (non-hydrogen) atoms. The number of hydrogen-bond donors (Lipinski definition) is 1. The van der Waals surface area contributed by atoms with Gasteiger partial charge in [0.1, 0.15) is 11.8 Å². The van der Waals surface area contributed by atoms with Crippen LogP contribution >= 0.6 is 0 Å². The fraction of sp³-hybridized carbons (Fsp3) is 0.214. The molecule has 1 fully saturated rings. The van der Waals surface area contributed by atoms with Gasteiger partial charge in [-0.25, -0.2) is 13.3 Å². The number of anilines is 2. The van der Waals surface area contributed by atoms with Crippen LogP contribution in [0.5, 0.6) is 17.2 Å². The molecule has 212 valence electrons. The molecule has 0 aromatic heterocycles. The van der Waals surface area contributed by atoms with Crippen molar-refractivity contribution in [2.45, 2.75) is 37.8 Å². The van der Waals surface area contributed by atoms with Gasteiger partial charge >= 0.3 is 5.97 Å². The SMILES string of the molecule is CC(=O)Nc1ccc(S(=O)(=O)N(Cc2ccc3c(c2)OCO3)C2CC(=O)N(c3ccc(OC(C)=O)cc3)C2=O)cc1. The largest absolute Gasteiger partial charge is 0.454 e. The predicted octanol–water partition coefficient (Wildman–Crippen LogP) is 2.82. The van der Waals surface area contributed by atoms with Crippen molar-refractivity contribution in [3.05, 3.63) is 72.3 Å². The van der Waals surface area contributed by atoms with E-state index in [0.717, 1.165) is 9.21 Å². The van der Waals surface area contributed by atoms with Crippen molar-refractivity contribution in [1.82, 2.24) is 4.31 Å². The smallest absolute Gasteiger partial charge is 0.308 e. The molecule has 1 unspecified atom stereocenters. The number of nitrogens with zero attached hydrogens (tertiary/aromatic N) is 2. The zero-order valence-electron chi connectivity index (χ0n) is 22.0. The Labute approximate surface area is 235 Å². The highest BCUT2D eigenvalue weighted by molar-refractivity contribution is 7.89. The van der Waals surface area contributed by atoms with Crippen LogP contribution in [0.1, 0.15) is 25.8 Å². The molecule has 0 radical (unpaired) electrons. The highest BCUT2D eigenvalue weighted by Crippen LogP contribution is 2.35. The molecule has 13 heteroatoms. The Balaban J connectivity index is 1.49. The number of ether oxygens (including phenoxy) is 3. The van der Waals surface area contributed by atoms with Gasteiger partial charge in [0.2, 0.25) is 28.6 Å². The lowest BCUT2D eigenvalue weighted by Gasteiger charge is -2.27. The summed E-state index contributed by atoms with van der Waals surface area (Å²) in [5, 5.41) is 2.58. The average Bonchev–Trinajstić information content (AvgIpc) is 3.50. The fourth-order valence-electron chi connectivity index (χ4n) is 4.57. The monoisotopic (exact) mass is 579 g/mol. The highest BCUT2D eigenvalue weighted by Gasteiger charge is 2.47. The Bertz CT molecular complexity index is 1640. The maximum Gasteiger partial charge on any atom is 0.308 e. The van der Waals surface area contributed by atoms with Gasteiger partial charge < -0.3 is 19.5 Å². The molecule has 2 aliphatic rings. The number of imide groups is 1. The Morgan fingerprint density at radius 2 is 1.66 bits per heavy atom. The van der Waals surface area contributed by atoms with Gasteiger partial charge in [-0.1, -0.05) is 6.07 Å². The van der Waals surface area contributed by atoms with Crippen LogP contribution in [-0.4, -0.2) is 49.2 Å². The second-order valence-corrected chi connectivity index (χ2v) is 11.2. The van der Waals surface area contributed by atoms with E-state index < -0.39 is 40.3 Å². The minimum atomic E-state index is -4.33. The normalized spacial score (nSPS) is 16.3. The third kappa shape index (κ3) is 5.76. The van der Waals surface area contributed by atoms with Crippen LogP contribution < -0.4 is 24.4 Å². The first-order chi connectivity index (χ1) is 19.5. The minimum absolute atomic E-state index is 0.0300. The van der Waals surface area contributed by atoms with Crippen LogP contribution in [0.3, 0.4) is 0 Å². The van der Waals surface area contributed by atoms with Gasteiger partial charge in [0, 0.05) is 26.1 Å². The number of rotatable bonds is 8. The van der Waals surface area contributed by atoms with Crippen molar-refractivity contribution in [2.24, 2.45) is 0 Å². The van der Waals surface area contributed by atoms with Gasteiger partial charge in [0.05, 0.1) is 17.0 Å². The average molecular weight is 580 g/mol. The number of fused-ring (bicyclic) bond motifs is 1. The van der Waals surface area contributed by atoms with Crippen LogP contribution in [0.15, 0.2) is 71.6 Å². The molecule has 3 aromatic carbocycles. The zero-order valence-corrected chi connectivity index (χ0v) is 22.8. The summed E-state index contributed by atoms with van der Waals surface area (Å²) in [6.07, 6.45) is -0.391. The molecular weight excluding hydrogens is 554 g/mol. The Hall–Kier alpha value is -4.75. The van der Waals surface area contributed by atoms with Crippen LogP contribution in [0.25, 0.3) is 0 Å². The number of amides is 3. The number of nitrogens with one attached hydrogen (secondary N) is 1. The maximum atomic E-state index is 14.0. The molecule has 3 amide bonds. The third-order valence-corrected chi connectivity index (χ3v) is 8.25. The quantitative estimate of drug-likeness (QED) is 0.242. The van der Waals surface area contributed by atoms with Crippen LogP contribution in [0.4, 0.5) is 11.4 Å². The van der Waals surface area contributed by atoms with Crippen molar-refractivity contribution in [2.75, 3.05) is 17.0 Å². The van der Waals surface area contributed by atoms with E-state index in [9.17, 15) is 27.6 Å². The van der Waals surface area contributed by atoms with Crippen molar-refractivity contribution < 1.29 is 41.8 Å². The topological polar surface area (TPSA) is 149 Å². The van der Waals surface area contributed by atoms with Gasteiger partial charge in [-0.2, -0.15) is 4.31 Å². The lowest BCUT2D eigenvalue weighted by atomic mass is 10.1. The number of carbonyl (C=O) groups is 4. The molecule has 1 N–H and O–H groups in total. The molecule has 2 heterocycles. The lowest BCUT2D eigenvalue weighted by molar-refractivity contribution is -0.132. The van der Waals surface area contributed by atoms with Crippen molar-refractivity contribution in [3.8, 4) is 17.2 Å². The lowest BCUT2D eigenvalue weighted by Crippen LogP contribution is -2.45. The molecule has 2 aliphatic heterocycles. The number of esters is 1. The molecule has 1 atom stereocenters. The molecule has 12 nitrogen and oxygen atoms in total. The summed E-state index contributed by atoms with van der Waals surface area (Å²) in [7, 11) is -4.33. The van der Waals surface area contributed by atoms with E-state index in [4.69, 9.17) is 14.2 Å². The van der Waals surface area contributed by atoms with E-state index in [2.05, 4.69) is 5.32 Å². The van der Waals surface area contributed by atoms with E-state index in [-0.39, 0.29) is 35.6 Å². The highest BCUT2D eigenvalue weighted by atomic mass is 32.2. The van der Waals surface area contributed by atoms with E-state index in [0.29, 0.717) is 22.7 Å². The molecule has 0 aliphatic carbocycles. The Morgan fingerprint density at radius 1 is 0.976 bits per heavy atom. The molecule has 3 aromatic rings. The molecular formula is C28H25N3O9S. The molecule has 0 saturated carbocycles. The third-order valence-electron chi connectivity index (χ3n) is 6.38. The van der Waals surface area contributed by atoms with Crippen molar-refractivity contribution in [3.63, 3.8) is 0 Å². The van der Waals surface area contributed by atoms with Gasteiger partial charge in [0.25, 0.3) is 5.91 Å². The van der Waals surface area contributed by atoms with Gasteiger partial charge in [-0.15, -0.1) is 0 Å². The molecule has 0 bridgehead atoms. The first-order valence-electron chi connectivity index (χ1n) is 12.5. The van der Waals surface area contributed by atoms with Gasteiger partial charge in [0.15, 0.2) is 11.5 Å². The summed E-state index contributed by atoms with van der Waals surface area (Å²) in [6.45, 7) is 2.36. The minimum Gasteiger partial charge on any atom is -0.454 e. The summed E-state index contributed by atoms with van der Waals surface area (Å²) in [5.74, 6) is -0.995. The number of benzene rings is 3. The fourth-order valence-corrected chi connectivity index (χ4v) is 6.14. The van der Waals surface area contributed by atoms with Crippen LogP contribution in [0.2, 0.25) is 0 Å². The van der Waals surface area contributed by atoms with Crippen molar-refractivity contribution in [1.29, 1.82) is 0 Å². The standard InChI is InChI=1S/C28H25N3O9S/c1-17(32)29-20-4-10-23(11-5-20)41(36,37)30(15-19-3-12-25-26(13-19)39-16-38-25)24-14-27(34)31(28(24)35)21-6-8-22(9-7-21)40-18(2)33/h3-13,24H,14-16H2,1-2H3,(H,29,32). The van der Waals surface area contributed by atoms with E-state index in [1.807, 2.05) is 0 Å². The summed E-state index contributed by atoms with van der Waals surface area (Å²) in [5.41, 5.74) is 1.12. The second kappa shape index (κ2) is 11.0. The van der Waals surface area contributed by atoms with E-state index in [1.54, 1.807) is 18.2 Å². The second-order valence-electron chi connectivity index (χ2n) is 9.32. The summed E-state index contributed by atoms with van der Waals surface area (Å²) >= 11 is 0. The van der Waals surface area contributed by atoms with E-state index in [1.165, 1.54) is 62.4 Å². The molecule has 5 rings (SSSR count).